The third kappa shape index (κ3) is 2.45. The molecule has 2 unspecified atom stereocenters. The summed E-state index contributed by atoms with van der Waals surface area (Å²) >= 11 is 6.16. The van der Waals surface area contributed by atoms with Crippen LogP contribution < -0.4 is 5.73 Å². The molecule has 100 valence electrons. The zero-order valence-electron chi connectivity index (χ0n) is 10.9. The molecule has 0 spiro atoms. The van der Waals surface area contributed by atoms with Gasteiger partial charge in [-0.1, -0.05) is 18.0 Å². The predicted molar refractivity (Wildman–Crippen MR) is 71.6 cm³/mol. The van der Waals surface area contributed by atoms with E-state index >= 15 is 0 Å². The fraction of sp³-hybridized carbons (Fsp3) is 0.692. The maximum Gasteiger partial charge on any atom is 0.140 e. The Balaban J connectivity index is 2.11. The van der Waals surface area contributed by atoms with Crippen molar-refractivity contribution in [3.8, 4) is 0 Å². The number of hydrogen-bond donors (Lipinski definition) is 1. The molecule has 1 heterocycles. The van der Waals surface area contributed by atoms with Crippen LogP contribution in [0.25, 0.3) is 0 Å². The van der Waals surface area contributed by atoms with E-state index in [0.717, 1.165) is 30.5 Å². The Labute approximate surface area is 112 Å². The highest BCUT2D eigenvalue weighted by atomic mass is 35.5. The fourth-order valence-corrected chi connectivity index (χ4v) is 3.16. The van der Waals surface area contributed by atoms with Crippen LogP contribution in [0.1, 0.15) is 30.5 Å². The van der Waals surface area contributed by atoms with E-state index in [4.69, 9.17) is 17.3 Å². The normalized spacial score (nSPS) is 23.6. The van der Waals surface area contributed by atoms with Gasteiger partial charge in [0.2, 0.25) is 0 Å². The highest BCUT2D eigenvalue weighted by Crippen LogP contribution is 2.33. The number of carbonyl (C=O) groups excluding carboxylic acids is 1. The molecule has 4 nitrogen and oxygen atoms in total. The first kappa shape index (κ1) is 13.6. The number of halogens is 1. The summed E-state index contributed by atoms with van der Waals surface area (Å²) in [5.41, 5.74) is 7.44. The molecule has 0 radical (unpaired) electrons. The van der Waals surface area contributed by atoms with Crippen LogP contribution in [-0.2, 0) is 18.3 Å². The van der Waals surface area contributed by atoms with E-state index < -0.39 is 0 Å². The molecule has 1 fully saturated rings. The number of rotatable bonds is 4. The first-order valence-corrected chi connectivity index (χ1v) is 6.83. The molecule has 1 aromatic rings. The van der Waals surface area contributed by atoms with Gasteiger partial charge in [0.05, 0.1) is 5.69 Å². The van der Waals surface area contributed by atoms with Crippen LogP contribution in [0.15, 0.2) is 0 Å². The van der Waals surface area contributed by atoms with Crippen molar-refractivity contribution in [2.24, 2.45) is 24.6 Å². The van der Waals surface area contributed by atoms with Gasteiger partial charge in [-0.3, -0.25) is 9.48 Å². The van der Waals surface area contributed by atoms with Crippen LogP contribution in [0.4, 0.5) is 0 Å². The Morgan fingerprint density at radius 1 is 1.56 bits per heavy atom. The van der Waals surface area contributed by atoms with Crippen molar-refractivity contribution in [1.82, 2.24) is 9.78 Å². The van der Waals surface area contributed by atoms with Gasteiger partial charge in [0, 0.05) is 24.9 Å². The molecule has 18 heavy (non-hydrogen) atoms. The van der Waals surface area contributed by atoms with Crippen LogP contribution in [-0.4, -0.2) is 22.1 Å². The molecular weight excluding hydrogens is 250 g/mol. The van der Waals surface area contributed by atoms with Gasteiger partial charge >= 0.3 is 0 Å². The van der Waals surface area contributed by atoms with Gasteiger partial charge in [0.25, 0.3) is 0 Å². The Morgan fingerprint density at radius 3 is 2.83 bits per heavy atom. The molecule has 1 aromatic heterocycles. The topological polar surface area (TPSA) is 60.9 Å². The molecule has 0 aliphatic heterocycles. The molecule has 2 atom stereocenters. The van der Waals surface area contributed by atoms with E-state index in [9.17, 15) is 4.79 Å². The van der Waals surface area contributed by atoms with Crippen LogP contribution in [0.5, 0.6) is 0 Å². The monoisotopic (exact) mass is 269 g/mol. The van der Waals surface area contributed by atoms with Crippen LogP contribution in [0.2, 0.25) is 5.15 Å². The third-order valence-electron chi connectivity index (χ3n) is 4.00. The summed E-state index contributed by atoms with van der Waals surface area (Å²) in [6, 6.07) is 0. The van der Waals surface area contributed by atoms with Gasteiger partial charge in [0.1, 0.15) is 10.9 Å². The molecule has 2 N–H and O–H groups in total. The first-order valence-electron chi connectivity index (χ1n) is 6.45. The molecule has 0 aromatic carbocycles. The van der Waals surface area contributed by atoms with Crippen LogP contribution in [0.3, 0.4) is 0 Å². The van der Waals surface area contributed by atoms with Crippen molar-refractivity contribution < 1.29 is 4.79 Å². The zero-order valence-corrected chi connectivity index (χ0v) is 11.7. The summed E-state index contributed by atoms with van der Waals surface area (Å²) in [7, 11) is 1.79. The number of nitrogens with zero attached hydrogens (tertiary/aromatic N) is 2. The Hall–Kier alpha value is -0.870. The van der Waals surface area contributed by atoms with Gasteiger partial charge < -0.3 is 5.73 Å². The fourth-order valence-electron chi connectivity index (χ4n) is 2.92. The minimum Gasteiger partial charge on any atom is -0.330 e. The van der Waals surface area contributed by atoms with Crippen molar-refractivity contribution in [3.63, 3.8) is 0 Å². The molecule has 0 amide bonds. The van der Waals surface area contributed by atoms with E-state index in [-0.39, 0.29) is 11.7 Å². The lowest BCUT2D eigenvalue weighted by Gasteiger charge is -2.16. The molecular formula is C13H20ClN3O. The van der Waals surface area contributed by atoms with Gasteiger partial charge in [-0.05, 0) is 32.2 Å². The van der Waals surface area contributed by atoms with E-state index in [1.807, 2.05) is 6.92 Å². The summed E-state index contributed by atoms with van der Waals surface area (Å²) < 4.78 is 1.62. The summed E-state index contributed by atoms with van der Waals surface area (Å²) in [5, 5.41) is 4.81. The summed E-state index contributed by atoms with van der Waals surface area (Å²) in [6.07, 6.45) is 3.54. The highest BCUT2D eigenvalue weighted by Gasteiger charge is 2.32. The minimum absolute atomic E-state index is 0.116. The average molecular weight is 270 g/mol. The van der Waals surface area contributed by atoms with E-state index in [1.165, 1.54) is 0 Å². The molecule has 2 rings (SSSR count). The number of nitrogens with two attached hydrogens (primary N) is 1. The number of aryl methyl sites for hydroxylation is 2. The van der Waals surface area contributed by atoms with E-state index in [0.29, 0.717) is 24.0 Å². The summed E-state index contributed by atoms with van der Waals surface area (Å²) in [4.78, 5) is 12.3. The molecule has 1 aliphatic carbocycles. The maximum absolute atomic E-state index is 12.3. The Morgan fingerprint density at radius 2 is 2.28 bits per heavy atom. The number of Topliss-reactive ketones (excluding diaryl/α,β-unsaturated/α-hetero) is 1. The second kappa shape index (κ2) is 5.41. The Kier molecular flexibility index (Phi) is 4.07. The quantitative estimate of drug-likeness (QED) is 0.908. The summed E-state index contributed by atoms with van der Waals surface area (Å²) in [5.74, 6) is 0.736. The van der Waals surface area contributed by atoms with Crippen molar-refractivity contribution in [3.05, 3.63) is 16.4 Å². The first-order chi connectivity index (χ1) is 8.54. The number of hydrogen-bond acceptors (Lipinski definition) is 3. The third-order valence-corrected chi connectivity index (χ3v) is 4.47. The van der Waals surface area contributed by atoms with Crippen molar-refractivity contribution in [2.75, 3.05) is 6.54 Å². The lowest BCUT2D eigenvalue weighted by atomic mass is 9.89. The maximum atomic E-state index is 12.3. The second-order valence-corrected chi connectivity index (χ2v) is 5.51. The van der Waals surface area contributed by atoms with E-state index in [2.05, 4.69) is 5.10 Å². The van der Waals surface area contributed by atoms with Gasteiger partial charge in [-0.25, -0.2) is 0 Å². The van der Waals surface area contributed by atoms with E-state index in [1.54, 1.807) is 11.7 Å². The SMILES string of the molecule is Cc1nn(C)c(Cl)c1CC(=O)C1CCCC1CN. The smallest absolute Gasteiger partial charge is 0.140 e. The molecule has 5 heteroatoms. The predicted octanol–water partition coefficient (Wildman–Crippen LogP) is 1.87. The minimum atomic E-state index is 0.116. The average Bonchev–Trinajstić information content (AvgIpc) is 2.90. The standard InChI is InChI=1S/C13H20ClN3O/c1-8-11(13(14)17(2)16-8)6-12(18)10-5-3-4-9(10)7-15/h9-10H,3-7,15H2,1-2H3. The number of aromatic nitrogens is 2. The molecule has 0 bridgehead atoms. The molecule has 1 saturated carbocycles. The van der Waals surface area contributed by atoms with Gasteiger partial charge in [0.15, 0.2) is 0 Å². The van der Waals surface area contributed by atoms with Gasteiger partial charge in [-0.15, -0.1) is 0 Å². The second-order valence-electron chi connectivity index (χ2n) is 5.15. The largest absolute Gasteiger partial charge is 0.330 e. The van der Waals surface area contributed by atoms with Crippen LogP contribution >= 0.6 is 11.6 Å². The molecule has 1 aliphatic rings. The highest BCUT2D eigenvalue weighted by molar-refractivity contribution is 6.30. The Bertz CT molecular complexity index is 455. The lowest BCUT2D eigenvalue weighted by Crippen LogP contribution is -2.26. The van der Waals surface area contributed by atoms with Crippen molar-refractivity contribution in [1.29, 1.82) is 0 Å². The van der Waals surface area contributed by atoms with Crippen LogP contribution in [0, 0.1) is 18.8 Å². The lowest BCUT2D eigenvalue weighted by molar-refractivity contribution is -0.123. The number of carbonyl (C=O) groups is 1. The number of ketones is 1. The molecule has 0 saturated heterocycles. The zero-order chi connectivity index (χ0) is 13.3. The van der Waals surface area contributed by atoms with Gasteiger partial charge in [-0.2, -0.15) is 5.10 Å². The summed E-state index contributed by atoms with van der Waals surface area (Å²) in [6.45, 7) is 2.50. The van der Waals surface area contributed by atoms with Crippen molar-refractivity contribution >= 4 is 17.4 Å². The van der Waals surface area contributed by atoms with Crippen molar-refractivity contribution in [2.45, 2.75) is 32.6 Å².